The highest BCUT2D eigenvalue weighted by Crippen LogP contribution is 2.10. The number of ketones is 1. The van der Waals surface area contributed by atoms with E-state index in [2.05, 4.69) is 17.6 Å². The summed E-state index contributed by atoms with van der Waals surface area (Å²) in [5.41, 5.74) is 0. The van der Waals surface area contributed by atoms with Gasteiger partial charge >= 0.3 is 0 Å². The Morgan fingerprint density at radius 1 is 0.824 bits per heavy atom. The number of carbonyl (C=O) groups is 1. The fourth-order valence-electron chi connectivity index (χ4n) is 2.22. The SMILES string of the molecule is O=C1CCCCCC/C=C/NCCCCCC1. The molecule has 0 bridgehead atoms. The number of Topliss-reactive ketones (excluding diaryl/α,β-unsaturated/α-hetero) is 1. The van der Waals surface area contributed by atoms with Crippen molar-refractivity contribution < 1.29 is 4.79 Å². The predicted octanol–water partition coefficient (Wildman–Crippen LogP) is 3.96. The lowest BCUT2D eigenvalue weighted by molar-refractivity contribution is -0.119. The first-order valence-electron chi connectivity index (χ1n) is 7.30. The van der Waals surface area contributed by atoms with Gasteiger partial charge in [-0.25, -0.2) is 0 Å². The van der Waals surface area contributed by atoms with Gasteiger partial charge in [-0.1, -0.05) is 31.8 Å². The van der Waals surface area contributed by atoms with E-state index >= 15 is 0 Å². The molecule has 0 aliphatic carbocycles. The molecule has 0 aromatic carbocycles. The first kappa shape index (κ1) is 14.3. The number of hydrogen-bond acceptors (Lipinski definition) is 2. The first-order valence-corrected chi connectivity index (χ1v) is 7.30. The van der Waals surface area contributed by atoms with Gasteiger partial charge in [0.05, 0.1) is 0 Å². The van der Waals surface area contributed by atoms with E-state index in [9.17, 15) is 4.79 Å². The van der Waals surface area contributed by atoms with Gasteiger partial charge in [-0.05, 0) is 38.3 Å². The summed E-state index contributed by atoms with van der Waals surface area (Å²) in [7, 11) is 0. The molecule has 0 radical (unpaired) electrons. The first-order chi connectivity index (χ1) is 8.39. The molecule has 0 aromatic heterocycles. The minimum absolute atomic E-state index is 0.482. The molecule has 2 heteroatoms. The quantitative estimate of drug-likeness (QED) is 0.691. The monoisotopic (exact) mass is 237 g/mol. The molecule has 1 heterocycles. The minimum Gasteiger partial charge on any atom is -0.391 e. The Bertz CT molecular complexity index is 223. The van der Waals surface area contributed by atoms with Crippen LogP contribution in [0, 0.1) is 0 Å². The molecular formula is C15H27NO. The lowest BCUT2D eigenvalue weighted by Gasteiger charge is -2.04. The maximum absolute atomic E-state index is 11.6. The van der Waals surface area contributed by atoms with Gasteiger partial charge in [0.15, 0.2) is 0 Å². The average molecular weight is 237 g/mol. The third kappa shape index (κ3) is 8.96. The van der Waals surface area contributed by atoms with Gasteiger partial charge in [-0.2, -0.15) is 0 Å². The van der Waals surface area contributed by atoms with Crippen LogP contribution in [0.4, 0.5) is 0 Å². The van der Waals surface area contributed by atoms with E-state index in [4.69, 9.17) is 0 Å². The van der Waals surface area contributed by atoms with Crippen LogP contribution in [0.2, 0.25) is 0 Å². The van der Waals surface area contributed by atoms with Gasteiger partial charge in [0.2, 0.25) is 0 Å². The van der Waals surface area contributed by atoms with Crippen molar-refractivity contribution in [3.05, 3.63) is 12.3 Å². The van der Waals surface area contributed by atoms with Crippen molar-refractivity contribution in [3.8, 4) is 0 Å². The largest absolute Gasteiger partial charge is 0.391 e. The molecule has 0 spiro atoms. The van der Waals surface area contributed by atoms with Crippen molar-refractivity contribution in [3.63, 3.8) is 0 Å². The summed E-state index contributed by atoms with van der Waals surface area (Å²) in [6.45, 7) is 1.07. The molecule has 0 saturated carbocycles. The zero-order valence-corrected chi connectivity index (χ0v) is 11.0. The molecule has 0 fully saturated rings. The average Bonchev–Trinajstić information content (AvgIpc) is 2.32. The van der Waals surface area contributed by atoms with Gasteiger partial charge in [0, 0.05) is 19.4 Å². The normalized spacial score (nSPS) is 23.9. The molecular weight excluding hydrogens is 210 g/mol. The van der Waals surface area contributed by atoms with E-state index in [1.165, 1.54) is 44.9 Å². The van der Waals surface area contributed by atoms with Crippen LogP contribution < -0.4 is 5.32 Å². The molecule has 0 saturated heterocycles. The van der Waals surface area contributed by atoms with E-state index < -0.39 is 0 Å². The van der Waals surface area contributed by atoms with Gasteiger partial charge in [-0.15, -0.1) is 0 Å². The summed E-state index contributed by atoms with van der Waals surface area (Å²) in [5, 5.41) is 3.33. The van der Waals surface area contributed by atoms with Crippen molar-refractivity contribution in [2.24, 2.45) is 0 Å². The third-order valence-electron chi connectivity index (χ3n) is 3.34. The summed E-state index contributed by atoms with van der Waals surface area (Å²) >= 11 is 0. The van der Waals surface area contributed by atoms with Crippen molar-refractivity contribution in [1.29, 1.82) is 0 Å². The van der Waals surface area contributed by atoms with E-state index in [1.54, 1.807) is 0 Å². The molecule has 17 heavy (non-hydrogen) atoms. The predicted molar refractivity (Wildman–Crippen MR) is 72.9 cm³/mol. The number of allylic oxidation sites excluding steroid dienone is 1. The van der Waals surface area contributed by atoms with Gasteiger partial charge in [-0.3, -0.25) is 4.79 Å². The second-order valence-corrected chi connectivity index (χ2v) is 5.01. The zero-order chi connectivity index (χ0) is 12.2. The molecule has 0 aromatic rings. The van der Waals surface area contributed by atoms with E-state index in [0.717, 1.165) is 32.2 Å². The lowest BCUT2D eigenvalue weighted by Crippen LogP contribution is -2.06. The molecule has 1 N–H and O–H groups in total. The fourth-order valence-corrected chi connectivity index (χ4v) is 2.22. The summed E-state index contributed by atoms with van der Waals surface area (Å²) in [6, 6.07) is 0. The van der Waals surface area contributed by atoms with Crippen molar-refractivity contribution in [2.75, 3.05) is 6.54 Å². The third-order valence-corrected chi connectivity index (χ3v) is 3.34. The topological polar surface area (TPSA) is 29.1 Å². The molecule has 1 rings (SSSR count). The van der Waals surface area contributed by atoms with E-state index in [-0.39, 0.29) is 0 Å². The van der Waals surface area contributed by atoms with Crippen LogP contribution in [0.15, 0.2) is 12.3 Å². The molecule has 0 unspecified atom stereocenters. The summed E-state index contributed by atoms with van der Waals surface area (Å²) in [5.74, 6) is 0.482. The van der Waals surface area contributed by atoms with Gasteiger partial charge in [0.1, 0.15) is 5.78 Å². The Balaban J connectivity index is 2.18. The van der Waals surface area contributed by atoms with Crippen LogP contribution >= 0.6 is 0 Å². The number of rotatable bonds is 0. The molecule has 2 nitrogen and oxygen atoms in total. The Morgan fingerprint density at radius 2 is 1.47 bits per heavy atom. The summed E-state index contributed by atoms with van der Waals surface area (Å²) in [6.07, 6.45) is 16.7. The molecule has 1 aliphatic rings. The Kier molecular flexibility index (Phi) is 8.71. The van der Waals surface area contributed by atoms with E-state index in [0.29, 0.717) is 5.78 Å². The summed E-state index contributed by atoms with van der Waals surface area (Å²) in [4.78, 5) is 11.6. The molecule has 98 valence electrons. The Hall–Kier alpha value is -0.790. The number of carbonyl (C=O) groups excluding carboxylic acids is 1. The number of nitrogens with one attached hydrogen (secondary N) is 1. The Morgan fingerprint density at radius 3 is 2.24 bits per heavy atom. The highest BCUT2D eigenvalue weighted by Gasteiger charge is 2.01. The molecule has 0 atom stereocenters. The highest BCUT2D eigenvalue weighted by atomic mass is 16.1. The highest BCUT2D eigenvalue weighted by molar-refractivity contribution is 5.78. The number of hydrogen-bond donors (Lipinski definition) is 1. The Labute approximate surface area is 106 Å². The maximum atomic E-state index is 11.6. The maximum Gasteiger partial charge on any atom is 0.132 e. The van der Waals surface area contributed by atoms with Crippen molar-refractivity contribution in [2.45, 2.75) is 70.6 Å². The standard InChI is InChI=1S/C15H27NO/c17-15-11-7-3-1-2-5-9-13-16-14-10-6-4-8-12-15/h9,13,16H,1-8,10-12,14H2/b13-9+. The zero-order valence-electron chi connectivity index (χ0n) is 11.0. The minimum atomic E-state index is 0.482. The van der Waals surface area contributed by atoms with Crippen molar-refractivity contribution in [1.82, 2.24) is 5.32 Å². The second kappa shape index (κ2) is 10.4. The van der Waals surface area contributed by atoms with Crippen LogP contribution in [-0.2, 0) is 4.79 Å². The van der Waals surface area contributed by atoms with Crippen LogP contribution in [0.25, 0.3) is 0 Å². The fraction of sp³-hybridized carbons (Fsp3) is 0.800. The van der Waals surface area contributed by atoms with Crippen LogP contribution in [0.5, 0.6) is 0 Å². The van der Waals surface area contributed by atoms with Crippen LogP contribution in [0.3, 0.4) is 0 Å². The summed E-state index contributed by atoms with van der Waals surface area (Å²) < 4.78 is 0. The van der Waals surface area contributed by atoms with Gasteiger partial charge < -0.3 is 5.32 Å². The van der Waals surface area contributed by atoms with Crippen LogP contribution in [0.1, 0.15) is 70.6 Å². The molecule has 0 amide bonds. The van der Waals surface area contributed by atoms with Gasteiger partial charge in [0.25, 0.3) is 0 Å². The molecule has 1 aliphatic heterocycles. The van der Waals surface area contributed by atoms with Crippen molar-refractivity contribution >= 4 is 5.78 Å². The second-order valence-electron chi connectivity index (χ2n) is 5.01. The lowest BCUT2D eigenvalue weighted by atomic mass is 10.0. The van der Waals surface area contributed by atoms with E-state index in [1.807, 2.05) is 0 Å². The smallest absolute Gasteiger partial charge is 0.132 e. The van der Waals surface area contributed by atoms with Crippen LogP contribution in [-0.4, -0.2) is 12.3 Å².